The zero-order valence-electron chi connectivity index (χ0n) is 11.1. The van der Waals surface area contributed by atoms with Gasteiger partial charge in [0.2, 0.25) is 0 Å². The molecule has 1 aliphatic rings. The summed E-state index contributed by atoms with van der Waals surface area (Å²) in [5.74, 6) is 0. The first-order valence-electron chi connectivity index (χ1n) is 6.94. The van der Waals surface area contributed by atoms with E-state index < -0.39 is 0 Å². The number of nitrogens with zero attached hydrogens (tertiary/aromatic N) is 3. The lowest BCUT2D eigenvalue weighted by molar-refractivity contribution is 0.590. The third-order valence-electron chi connectivity index (χ3n) is 3.71. The van der Waals surface area contributed by atoms with Crippen LogP contribution in [0.25, 0.3) is 0 Å². The van der Waals surface area contributed by atoms with Crippen LogP contribution in [0.5, 0.6) is 0 Å². The van der Waals surface area contributed by atoms with Crippen LogP contribution in [-0.4, -0.2) is 22.9 Å². The van der Waals surface area contributed by atoms with Gasteiger partial charge in [-0.1, -0.05) is 18.2 Å². The highest BCUT2D eigenvalue weighted by Crippen LogP contribution is 2.25. The predicted octanol–water partition coefficient (Wildman–Crippen LogP) is 2.31. The van der Waals surface area contributed by atoms with E-state index in [1.165, 1.54) is 30.5 Å². The summed E-state index contributed by atoms with van der Waals surface area (Å²) in [5.41, 5.74) is 9.29. The Bertz CT molecular complexity index is 547. The molecular formula is C15H20N4. The molecule has 1 aromatic carbocycles. The monoisotopic (exact) mass is 256 g/mol. The van der Waals surface area contributed by atoms with E-state index in [0.29, 0.717) is 0 Å². The third-order valence-corrected chi connectivity index (χ3v) is 3.71. The molecule has 1 aliphatic heterocycles. The molecule has 0 radical (unpaired) electrons. The molecule has 1 aromatic heterocycles. The molecule has 0 aliphatic carbocycles. The van der Waals surface area contributed by atoms with Gasteiger partial charge in [-0.25, -0.2) is 0 Å². The summed E-state index contributed by atoms with van der Waals surface area (Å²) in [6.07, 6.45) is 7.33. The van der Waals surface area contributed by atoms with Crippen molar-refractivity contribution < 1.29 is 0 Å². The van der Waals surface area contributed by atoms with Crippen LogP contribution in [-0.2, 0) is 13.0 Å². The maximum atomic E-state index is 5.69. The lowest BCUT2D eigenvalue weighted by Gasteiger charge is -2.24. The first-order valence-corrected chi connectivity index (χ1v) is 6.94. The fourth-order valence-corrected chi connectivity index (χ4v) is 2.73. The average molecular weight is 256 g/mol. The van der Waals surface area contributed by atoms with Crippen molar-refractivity contribution in [2.24, 2.45) is 0 Å². The minimum Gasteiger partial charge on any atom is -0.396 e. The Morgan fingerprint density at radius 2 is 2.05 bits per heavy atom. The molecule has 2 heterocycles. The molecule has 19 heavy (non-hydrogen) atoms. The van der Waals surface area contributed by atoms with Gasteiger partial charge in [-0.2, -0.15) is 5.10 Å². The lowest BCUT2D eigenvalue weighted by Crippen LogP contribution is -2.28. The predicted molar refractivity (Wildman–Crippen MR) is 78.2 cm³/mol. The Kier molecular flexibility index (Phi) is 3.40. The van der Waals surface area contributed by atoms with Gasteiger partial charge < -0.3 is 10.6 Å². The molecule has 0 bridgehead atoms. The van der Waals surface area contributed by atoms with Crippen LogP contribution >= 0.6 is 0 Å². The molecular weight excluding hydrogens is 236 g/mol. The van der Waals surface area contributed by atoms with E-state index in [0.717, 1.165) is 25.3 Å². The minimum atomic E-state index is 0.733. The number of nitrogen functional groups attached to an aromatic ring is 1. The van der Waals surface area contributed by atoms with E-state index >= 15 is 0 Å². The van der Waals surface area contributed by atoms with Crippen LogP contribution < -0.4 is 10.6 Å². The molecule has 3 rings (SSSR count). The zero-order chi connectivity index (χ0) is 13.1. The highest BCUT2D eigenvalue weighted by molar-refractivity contribution is 5.54. The molecule has 0 spiro atoms. The Morgan fingerprint density at radius 3 is 2.89 bits per heavy atom. The summed E-state index contributed by atoms with van der Waals surface area (Å²) in [5, 5.41) is 4.24. The number of anilines is 2. The third kappa shape index (κ3) is 2.72. The van der Waals surface area contributed by atoms with Crippen LogP contribution in [0.4, 0.5) is 11.4 Å². The van der Waals surface area contributed by atoms with E-state index in [1.807, 2.05) is 10.9 Å². The Hall–Kier alpha value is -1.97. The molecule has 0 saturated heterocycles. The van der Waals surface area contributed by atoms with Crippen molar-refractivity contribution in [3.63, 3.8) is 0 Å². The summed E-state index contributed by atoms with van der Waals surface area (Å²) in [7, 11) is 0. The number of rotatable bonds is 3. The largest absolute Gasteiger partial charge is 0.396 e. The van der Waals surface area contributed by atoms with Gasteiger partial charge >= 0.3 is 0 Å². The molecule has 0 fully saturated rings. The second-order valence-corrected chi connectivity index (χ2v) is 5.11. The summed E-state index contributed by atoms with van der Waals surface area (Å²) in [6.45, 7) is 3.00. The molecule has 0 unspecified atom stereocenters. The SMILES string of the molecule is Nc1cnn(CCN2CCCCc3ccccc32)c1. The highest BCUT2D eigenvalue weighted by atomic mass is 15.3. The van der Waals surface area contributed by atoms with E-state index in [2.05, 4.69) is 34.3 Å². The topological polar surface area (TPSA) is 47.1 Å². The molecule has 2 N–H and O–H groups in total. The molecule has 0 atom stereocenters. The lowest BCUT2D eigenvalue weighted by atomic mass is 10.1. The standard InChI is InChI=1S/C15H20N4/c16-14-11-17-19(12-14)10-9-18-8-4-3-6-13-5-1-2-7-15(13)18/h1-2,5,7,11-12H,3-4,6,8-10,16H2. The van der Waals surface area contributed by atoms with Gasteiger partial charge in [0.05, 0.1) is 18.4 Å². The number of aryl methyl sites for hydroxylation is 1. The van der Waals surface area contributed by atoms with Crippen LogP contribution in [0.2, 0.25) is 0 Å². The van der Waals surface area contributed by atoms with Crippen molar-refractivity contribution in [3.05, 3.63) is 42.2 Å². The fourth-order valence-electron chi connectivity index (χ4n) is 2.73. The van der Waals surface area contributed by atoms with Crippen molar-refractivity contribution in [3.8, 4) is 0 Å². The summed E-state index contributed by atoms with van der Waals surface area (Å²) >= 11 is 0. The van der Waals surface area contributed by atoms with Gasteiger partial charge in [0.1, 0.15) is 0 Å². The smallest absolute Gasteiger partial charge is 0.0719 e. The first kappa shape index (κ1) is 12.1. The van der Waals surface area contributed by atoms with Gasteiger partial charge in [0.25, 0.3) is 0 Å². The molecule has 0 saturated carbocycles. The fraction of sp³-hybridized carbons (Fsp3) is 0.400. The van der Waals surface area contributed by atoms with E-state index in [-0.39, 0.29) is 0 Å². The number of fused-ring (bicyclic) bond motifs is 1. The maximum absolute atomic E-state index is 5.69. The number of hydrogen-bond acceptors (Lipinski definition) is 3. The minimum absolute atomic E-state index is 0.733. The van der Waals surface area contributed by atoms with Crippen LogP contribution in [0.3, 0.4) is 0 Å². The van der Waals surface area contributed by atoms with Crippen LogP contribution in [0.15, 0.2) is 36.7 Å². The summed E-state index contributed by atoms with van der Waals surface area (Å²) in [6, 6.07) is 8.75. The van der Waals surface area contributed by atoms with Gasteiger partial charge in [0, 0.05) is 25.0 Å². The van der Waals surface area contributed by atoms with Crippen molar-refractivity contribution in [1.82, 2.24) is 9.78 Å². The quantitative estimate of drug-likeness (QED) is 0.916. The molecule has 4 heteroatoms. The Balaban J connectivity index is 1.73. The van der Waals surface area contributed by atoms with E-state index in [4.69, 9.17) is 5.73 Å². The first-order chi connectivity index (χ1) is 9.33. The van der Waals surface area contributed by atoms with Gasteiger partial charge in [-0.05, 0) is 30.9 Å². The number of nitrogens with two attached hydrogens (primary N) is 1. The summed E-state index contributed by atoms with van der Waals surface area (Å²) in [4.78, 5) is 2.47. The van der Waals surface area contributed by atoms with Gasteiger partial charge in [-0.3, -0.25) is 4.68 Å². The number of para-hydroxylation sites is 1. The maximum Gasteiger partial charge on any atom is 0.0719 e. The molecule has 4 nitrogen and oxygen atoms in total. The normalized spacial score (nSPS) is 15.1. The second-order valence-electron chi connectivity index (χ2n) is 5.11. The number of hydrogen-bond donors (Lipinski definition) is 1. The van der Waals surface area contributed by atoms with Gasteiger partial charge in [-0.15, -0.1) is 0 Å². The van der Waals surface area contributed by atoms with E-state index in [9.17, 15) is 0 Å². The number of benzene rings is 1. The van der Waals surface area contributed by atoms with Crippen molar-refractivity contribution in [2.45, 2.75) is 25.8 Å². The second kappa shape index (κ2) is 5.34. The Morgan fingerprint density at radius 1 is 1.16 bits per heavy atom. The average Bonchev–Trinajstić information content (AvgIpc) is 2.73. The molecule has 2 aromatic rings. The van der Waals surface area contributed by atoms with Crippen molar-refractivity contribution in [2.75, 3.05) is 23.7 Å². The van der Waals surface area contributed by atoms with Crippen LogP contribution in [0, 0.1) is 0 Å². The van der Waals surface area contributed by atoms with Crippen molar-refractivity contribution in [1.29, 1.82) is 0 Å². The van der Waals surface area contributed by atoms with Crippen molar-refractivity contribution >= 4 is 11.4 Å². The molecule has 100 valence electrons. The zero-order valence-corrected chi connectivity index (χ0v) is 11.1. The van der Waals surface area contributed by atoms with Crippen LogP contribution in [0.1, 0.15) is 18.4 Å². The number of aromatic nitrogens is 2. The Labute approximate surface area is 113 Å². The molecule has 0 amide bonds. The van der Waals surface area contributed by atoms with E-state index in [1.54, 1.807) is 6.20 Å². The summed E-state index contributed by atoms with van der Waals surface area (Å²) < 4.78 is 1.92. The highest BCUT2D eigenvalue weighted by Gasteiger charge is 2.14. The van der Waals surface area contributed by atoms with Gasteiger partial charge in [0.15, 0.2) is 0 Å².